The molecule has 0 saturated heterocycles. The van der Waals surface area contributed by atoms with Crippen molar-refractivity contribution < 1.29 is 24.2 Å². The minimum Gasteiger partial charge on any atom is -0.476 e. The zero-order valence-corrected chi connectivity index (χ0v) is 20.2. The number of nitrogens with zero attached hydrogens (tertiary/aromatic N) is 2. The van der Waals surface area contributed by atoms with Crippen molar-refractivity contribution in [1.82, 2.24) is 5.32 Å². The number of benzene rings is 2. The maximum absolute atomic E-state index is 13.1. The molecule has 9 heteroatoms. The van der Waals surface area contributed by atoms with Crippen molar-refractivity contribution >= 4 is 35.0 Å². The van der Waals surface area contributed by atoms with Crippen molar-refractivity contribution in [3.05, 3.63) is 53.1 Å². The fraction of sp³-hybridized carbons (Fsp3) is 0.417. The van der Waals surface area contributed by atoms with Crippen LogP contribution in [0.3, 0.4) is 0 Å². The molecule has 2 amide bonds. The molecule has 2 aromatic rings. The summed E-state index contributed by atoms with van der Waals surface area (Å²) in [7, 11) is 3.66. The van der Waals surface area contributed by atoms with Crippen LogP contribution in [0.15, 0.2) is 42.5 Å². The number of fused-ring (bicyclic) bond motifs is 1. The van der Waals surface area contributed by atoms with Crippen LogP contribution < -0.4 is 19.9 Å². The number of carbonyl (C=O) groups excluding carboxylic acids is 2. The normalized spacial score (nSPS) is 16.3. The van der Waals surface area contributed by atoms with Crippen LogP contribution in [0.1, 0.15) is 32.4 Å². The first kappa shape index (κ1) is 24.7. The van der Waals surface area contributed by atoms with E-state index in [-0.39, 0.29) is 13.2 Å². The van der Waals surface area contributed by atoms with Gasteiger partial charge in [0, 0.05) is 20.2 Å². The summed E-state index contributed by atoms with van der Waals surface area (Å²) in [5.41, 5.74) is 1.13. The van der Waals surface area contributed by atoms with Crippen LogP contribution in [0.25, 0.3) is 0 Å². The van der Waals surface area contributed by atoms with Crippen LogP contribution >= 0.6 is 11.6 Å². The molecule has 0 saturated carbocycles. The number of carbonyl (C=O) groups is 2. The molecule has 0 bridgehead atoms. The van der Waals surface area contributed by atoms with E-state index >= 15 is 0 Å². The van der Waals surface area contributed by atoms with Gasteiger partial charge in [-0.25, -0.2) is 4.79 Å². The molecule has 8 nitrogen and oxygen atoms in total. The average molecular weight is 476 g/mol. The van der Waals surface area contributed by atoms with Crippen LogP contribution in [-0.2, 0) is 9.53 Å². The third-order valence-corrected chi connectivity index (χ3v) is 5.33. The van der Waals surface area contributed by atoms with Gasteiger partial charge in [-0.2, -0.15) is 0 Å². The SMILES string of the molecule is CN(C)c1cc2c(cc1Cl)N(C(=O)OC(C)(C)C)CC(C(=O)N[C@H](CO)c1ccccc1)O2. The molecular weight excluding hydrogens is 446 g/mol. The Hall–Kier alpha value is -2.97. The lowest BCUT2D eigenvalue weighted by atomic mass is 10.1. The molecule has 1 aliphatic rings. The Kier molecular flexibility index (Phi) is 7.39. The van der Waals surface area contributed by atoms with Gasteiger partial charge in [-0.1, -0.05) is 41.9 Å². The van der Waals surface area contributed by atoms with Crippen molar-refractivity contribution in [1.29, 1.82) is 0 Å². The fourth-order valence-corrected chi connectivity index (χ4v) is 3.77. The van der Waals surface area contributed by atoms with Crippen LogP contribution in [0, 0.1) is 0 Å². The summed E-state index contributed by atoms with van der Waals surface area (Å²) < 4.78 is 11.6. The van der Waals surface area contributed by atoms with Gasteiger partial charge in [-0.05, 0) is 32.4 Å². The van der Waals surface area contributed by atoms with Crippen LogP contribution in [0.5, 0.6) is 5.75 Å². The number of hydrogen-bond acceptors (Lipinski definition) is 6. The van der Waals surface area contributed by atoms with E-state index in [2.05, 4.69) is 5.32 Å². The number of nitrogens with one attached hydrogen (secondary N) is 1. The summed E-state index contributed by atoms with van der Waals surface area (Å²) >= 11 is 6.43. The first-order valence-corrected chi connectivity index (χ1v) is 11.0. The van der Waals surface area contributed by atoms with Crippen molar-refractivity contribution in [3.8, 4) is 5.75 Å². The Bertz CT molecular complexity index is 1010. The van der Waals surface area contributed by atoms with E-state index in [1.165, 1.54) is 4.90 Å². The van der Waals surface area contributed by atoms with E-state index in [1.807, 2.05) is 49.3 Å². The lowest BCUT2D eigenvalue weighted by molar-refractivity contribution is -0.129. The number of rotatable bonds is 5. The van der Waals surface area contributed by atoms with Gasteiger partial charge in [-0.3, -0.25) is 9.69 Å². The molecule has 33 heavy (non-hydrogen) atoms. The molecule has 3 rings (SSSR count). The standard InChI is InChI=1S/C24H30ClN3O5/c1-24(2,3)33-23(31)28-13-21(22(30)26-17(14-29)15-9-7-6-8-10-15)32-20-12-18(27(4)5)16(25)11-19(20)28/h6-12,17,21,29H,13-14H2,1-5H3,(H,26,30)/t17-,21?/m1/s1. The van der Waals surface area contributed by atoms with Crippen molar-refractivity contribution in [3.63, 3.8) is 0 Å². The van der Waals surface area contributed by atoms with E-state index in [9.17, 15) is 14.7 Å². The van der Waals surface area contributed by atoms with Crippen LogP contribution in [0.2, 0.25) is 5.02 Å². The molecule has 0 aromatic heterocycles. The zero-order valence-electron chi connectivity index (χ0n) is 19.5. The van der Waals surface area contributed by atoms with Gasteiger partial charge in [0.2, 0.25) is 0 Å². The first-order chi connectivity index (χ1) is 15.5. The molecule has 2 aromatic carbocycles. The van der Waals surface area contributed by atoms with Gasteiger partial charge < -0.3 is 24.8 Å². The number of halogens is 1. The summed E-state index contributed by atoms with van der Waals surface area (Å²) in [5.74, 6) is -0.126. The molecule has 1 unspecified atom stereocenters. The molecule has 0 spiro atoms. The molecule has 1 heterocycles. The summed E-state index contributed by atoms with van der Waals surface area (Å²) in [6.07, 6.45) is -1.63. The quantitative estimate of drug-likeness (QED) is 0.684. The number of aliphatic hydroxyl groups is 1. The third-order valence-electron chi connectivity index (χ3n) is 5.03. The summed E-state index contributed by atoms with van der Waals surface area (Å²) in [4.78, 5) is 29.3. The Labute approximate surface area is 199 Å². The van der Waals surface area contributed by atoms with Gasteiger partial charge in [0.25, 0.3) is 5.91 Å². The molecule has 0 fully saturated rings. The number of anilines is 2. The molecule has 0 radical (unpaired) electrons. The van der Waals surface area contributed by atoms with E-state index < -0.39 is 29.7 Å². The lowest BCUT2D eigenvalue weighted by Gasteiger charge is -2.36. The maximum Gasteiger partial charge on any atom is 0.415 e. The largest absolute Gasteiger partial charge is 0.476 e. The number of ether oxygens (including phenoxy) is 2. The van der Waals surface area contributed by atoms with E-state index in [1.54, 1.807) is 32.9 Å². The molecule has 1 aliphatic heterocycles. The lowest BCUT2D eigenvalue weighted by Crippen LogP contribution is -2.52. The van der Waals surface area contributed by atoms with Gasteiger partial charge in [0.1, 0.15) is 11.4 Å². The van der Waals surface area contributed by atoms with Crippen molar-refractivity contribution in [2.45, 2.75) is 38.5 Å². The second-order valence-electron chi connectivity index (χ2n) is 9.02. The maximum atomic E-state index is 13.1. The zero-order chi connectivity index (χ0) is 24.3. The molecule has 2 atom stereocenters. The van der Waals surface area contributed by atoms with Crippen LogP contribution in [0.4, 0.5) is 16.2 Å². The van der Waals surface area contributed by atoms with Crippen LogP contribution in [-0.4, -0.2) is 56.1 Å². The third kappa shape index (κ3) is 5.89. The number of amides is 2. The van der Waals surface area contributed by atoms with E-state index in [0.29, 0.717) is 22.1 Å². The Morgan fingerprint density at radius 3 is 2.52 bits per heavy atom. The number of hydrogen-bond donors (Lipinski definition) is 2. The minimum absolute atomic E-state index is 0.0711. The topological polar surface area (TPSA) is 91.3 Å². The minimum atomic E-state index is -1.01. The molecular formula is C24H30ClN3O5. The molecule has 0 aliphatic carbocycles. The van der Waals surface area contributed by atoms with Gasteiger partial charge in [0.05, 0.1) is 35.6 Å². The Morgan fingerprint density at radius 1 is 1.27 bits per heavy atom. The van der Waals surface area contributed by atoms with E-state index in [0.717, 1.165) is 5.56 Å². The van der Waals surface area contributed by atoms with Gasteiger partial charge >= 0.3 is 6.09 Å². The highest BCUT2D eigenvalue weighted by molar-refractivity contribution is 6.33. The highest BCUT2D eigenvalue weighted by Gasteiger charge is 2.37. The Balaban J connectivity index is 1.92. The summed E-state index contributed by atoms with van der Waals surface area (Å²) in [5, 5.41) is 13.1. The fourth-order valence-electron chi connectivity index (χ4n) is 3.45. The predicted octanol–water partition coefficient (Wildman–Crippen LogP) is 3.76. The molecule has 178 valence electrons. The van der Waals surface area contributed by atoms with Gasteiger partial charge in [-0.15, -0.1) is 0 Å². The second-order valence-corrected chi connectivity index (χ2v) is 9.42. The van der Waals surface area contributed by atoms with E-state index in [4.69, 9.17) is 21.1 Å². The van der Waals surface area contributed by atoms with Crippen molar-refractivity contribution in [2.75, 3.05) is 37.0 Å². The van der Waals surface area contributed by atoms with Crippen molar-refractivity contribution in [2.24, 2.45) is 0 Å². The summed E-state index contributed by atoms with van der Waals surface area (Å²) in [6.45, 7) is 4.95. The second kappa shape index (κ2) is 9.89. The average Bonchev–Trinajstić information content (AvgIpc) is 2.75. The first-order valence-electron chi connectivity index (χ1n) is 10.6. The Morgan fingerprint density at radius 2 is 1.94 bits per heavy atom. The predicted molar refractivity (Wildman–Crippen MR) is 128 cm³/mol. The molecule has 2 N–H and O–H groups in total. The number of aliphatic hydroxyl groups excluding tert-OH is 1. The summed E-state index contributed by atoms with van der Waals surface area (Å²) in [6, 6.07) is 11.9. The van der Waals surface area contributed by atoms with Gasteiger partial charge in [0.15, 0.2) is 6.10 Å². The highest BCUT2D eigenvalue weighted by Crippen LogP contribution is 2.41. The smallest absolute Gasteiger partial charge is 0.415 e. The highest BCUT2D eigenvalue weighted by atomic mass is 35.5. The monoisotopic (exact) mass is 475 g/mol.